The van der Waals surface area contributed by atoms with Crippen LogP contribution in [0.2, 0.25) is 0 Å². The first-order valence-electron chi connectivity index (χ1n) is 6.99. The monoisotopic (exact) mass is 283 g/mol. The van der Waals surface area contributed by atoms with Crippen molar-refractivity contribution in [3.8, 4) is 0 Å². The summed E-state index contributed by atoms with van der Waals surface area (Å²) >= 11 is 0. The summed E-state index contributed by atoms with van der Waals surface area (Å²) in [4.78, 5) is 4.52. The van der Waals surface area contributed by atoms with Crippen molar-refractivity contribution >= 4 is 11.5 Å². The Bertz CT molecular complexity index is 782. The summed E-state index contributed by atoms with van der Waals surface area (Å²) in [6, 6.07) is 9.08. The fraction of sp³-hybridized carbons (Fsp3) is 0.235. The summed E-state index contributed by atoms with van der Waals surface area (Å²) in [7, 11) is 0. The maximum absolute atomic E-state index is 13.4. The van der Waals surface area contributed by atoms with Crippen LogP contribution < -0.4 is 5.32 Å². The maximum atomic E-state index is 13.4. The highest BCUT2D eigenvalue weighted by Crippen LogP contribution is 2.21. The minimum absolute atomic E-state index is 0.181. The molecule has 1 aromatic carbocycles. The molecule has 0 fully saturated rings. The van der Waals surface area contributed by atoms with E-state index in [9.17, 15) is 4.39 Å². The van der Waals surface area contributed by atoms with Crippen molar-refractivity contribution in [1.29, 1.82) is 0 Å². The largest absolute Gasteiger partial charge is 0.366 e. The van der Waals surface area contributed by atoms with E-state index in [1.165, 1.54) is 0 Å². The van der Waals surface area contributed by atoms with Gasteiger partial charge in [0, 0.05) is 12.7 Å². The first kappa shape index (κ1) is 13.6. The van der Waals surface area contributed by atoms with Crippen molar-refractivity contribution in [2.75, 3.05) is 5.32 Å². The SMILES string of the molecule is Cc1cc(F)cc(C)c1CNc1c(C)nc2ccccn12. The maximum Gasteiger partial charge on any atom is 0.138 e. The molecular weight excluding hydrogens is 265 g/mol. The molecule has 3 nitrogen and oxygen atoms in total. The number of anilines is 1. The van der Waals surface area contributed by atoms with Gasteiger partial charge in [-0.25, -0.2) is 9.37 Å². The number of nitrogens with one attached hydrogen (secondary N) is 1. The molecule has 0 unspecified atom stereocenters. The van der Waals surface area contributed by atoms with Gasteiger partial charge in [-0.1, -0.05) is 6.07 Å². The van der Waals surface area contributed by atoms with Crippen LogP contribution in [0.4, 0.5) is 10.2 Å². The van der Waals surface area contributed by atoms with Crippen molar-refractivity contribution in [3.05, 3.63) is 64.7 Å². The van der Waals surface area contributed by atoms with Gasteiger partial charge in [0.05, 0.1) is 5.69 Å². The molecule has 0 atom stereocenters. The zero-order chi connectivity index (χ0) is 15.0. The predicted molar refractivity (Wildman–Crippen MR) is 83.1 cm³/mol. The molecule has 0 amide bonds. The molecular formula is C17H18FN3. The molecule has 0 spiro atoms. The fourth-order valence-electron chi connectivity index (χ4n) is 2.72. The lowest BCUT2D eigenvalue weighted by Crippen LogP contribution is -2.06. The molecule has 0 bridgehead atoms. The normalized spacial score (nSPS) is 11.0. The summed E-state index contributed by atoms with van der Waals surface area (Å²) in [5, 5.41) is 3.43. The average molecular weight is 283 g/mol. The smallest absolute Gasteiger partial charge is 0.138 e. The van der Waals surface area contributed by atoms with Crippen LogP contribution in [-0.4, -0.2) is 9.38 Å². The third-order valence-electron chi connectivity index (χ3n) is 3.80. The third kappa shape index (κ3) is 2.49. The van der Waals surface area contributed by atoms with Crippen molar-refractivity contribution in [3.63, 3.8) is 0 Å². The first-order chi connectivity index (χ1) is 10.1. The second-order valence-corrected chi connectivity index (χ2v) is 5.35. The average Bonchev–Trinajstić information content (AvgIpc) is 2.73. The zero-order valence-corrected chi connectivity index (χ0v) is 12.4. The van der Waals surface area contributed by atoms with Gasteiger partial charge in [-0.2, -0.15) is 0 Å². The van der Waals surface area contributed by atoms with Crippen LogP contribution in [0.25, 0.3) is 5.65 Å². The molecule has 0 aliphatic heterocycles. The quantitative estimate of drug-likeness (QED) is 0.787. The van der Waals surface area contributed by atoms with E-state index in [2.05, 4.69) is 10.3 Å². The van der Waals surface area contributed by atoms with E-state index in [0.29, 0.717) is 6.54 Å². The number of benzene rings is 1. The minimum Gasteiger partial charge on any atom is -0.366 e. The lowest BCUT2D eigenvalue weighted by atomic mass is 10.0. The Balaban J connectivity index is 1.92. The molecule has 21 heavy (non-hydrogen) atoms. The van der Waals surface area contributed by atoms with E-state index in [0.717, 1.165) is 33.8 Å². The van der Waals surface area contributed by atoms with Gasteiger partial charge in [-0.05, 0) is 61.7 Å². The fourth-order valence-corrected chi connectivity index (χ4v) is 2.72. The van der Waals surface area contributed by atoms with Crippen LogP contribution in [-0.2, 0) is 6.54 Å². The van der Waals surface area contributed by atoms with E-state index in [1.54, 1.807) is 12.1 Å². The summed E-state index contributed by atoms with van der Waals surface area (Å²) in [6.45, 7) is 6.52. The number of aromatic nitrogens is 2. The lowest BCUT2D eigenvalue weighted by molar-refractivity contribution is 0.624. The number of hydrogen-bond donors (Lipinski definition) is 1. The van der Waals surface area contributed by atoms with Crippen LogP contribution in [0, 0.1) is 26.6 Å². The Labute approximate surface area is 123 Å². The number of nitrogens with zero attached hydrogens (tertiary/aromatic N) is 2. The molecule has 0 saturated heterocycles. The number of aryl methyl sites for hydroxylation is 3. The molecule has 4 heteroatoms. The highest BCUT2D eigenvalue weighted by molar-refractivity contribution is 5.55. The third-order valence-corrected chi connectivity index (χ3v) is 3.80. The van der Waals surface area contributed by atoms with Gasteiger partial charge in [0.2, 0.25) is 0 Å². The topological polar surface area (TPSA) is 29.3 Å². The van der Waals surface area contributed by atoms with Gasteiger partial charge in [0.1, 0.15) is 17.3 Å². The highest BCUT2D eigenvalue weighted by Gasteiger charge is 2.10. The Morgan fingerprint density at radius 3 is 2.57 bits per heavy atom. The van der Waals surface area contributed by atoms with Gasteiger partial charge < -0.3 is 5.32 Å². The van der Waals surface area contributed by atoms with Gasteiger partial charge in [0.25, 0.3) is 0 Å². The van der Waals surface area contributed by atoms with Crippen LogP contribution in [0.5, 0.6) is 0 Å². The Morgan fingerprint density at radius 1 is 1.14 bits per heavy atom. The van der Waals surface area contributed by atoms with E-state index in [-0.39, 0.29) is 5.82 Å². The van der Waals surface area contributed by atoms with E-state index in [1.807, 2.05) is 49.6 Å². The van der Waals surface area contributed by atoms with Gasteiger partial charge in [-0.3, -0.25) is 4.40 Å². The summed E-state index contributed by atoms with van der Waals surface area (Å²) < 4.78 is 15.4. The highest BCUT2D eigenvalue weighted by atomic mass is 19.1. The Kier molecular flexibility index (Phi) is 3.37. The van der Waals surface area contributed by atoms with Gasteiger partial charge >= 0.3 is 0 Å². The molecule has 0 radical (unpaired) electrons. The molecule has 3 rings (SSSR count). The summed E-state index contributed by atoms with van der Waals surface area (Å²) in [6.07, 6.45) is 1.99. The zero-order valence-electron chi connectivity index (χ0n) is 12.4. The van der Waals surface area contributed by atoms with Crippen LogP contribution in [0.15, 0.2) is 36.5 Å². The van der Waals surface area contributed by atoms with Crippen molar-refractivity contribution in [2.45, 2.75) is 27.3 Å². The van der Waals surface area contributed by atoms with E-state index in [4.69, 9.17) is 0 Å². The molecule has 0 aliphatic rings. The van der Waals surface area contributed by atoms with Crippen LogP contribution in [0.3, 0.4) is 0 Å². The number of fused-ring (bicyclic) bond motifs is 1. The molecule has 108 valence electrons. The molecule has 0 aliphatic carbocycles. The van der Waals surface area contributed by atoms with Crippen molar-refractivity contribution < 1.29 is 4.39 Å². The number of hydrogen-bond acceptors (Lipinski definition) is 2. The van der Waals surface area contributed by atoms with Crippen molar-refractivity contribution in [1.82, 2.24) is 9.38 Å². The lowest BCUT2D eigenvalue weighted by Gasteiger charge is -2.12. The van der Waals surface area contributed by atoms with Gasteiger partial charge in [-0.15, -0.1) is 0 Å². The van der Waals surface area contributed by atoms with Crippen LogP contribution in [0.1, 0.15) is 22.4 Å². The van der Waals surface area contributed by atoms with Crippen molar-refractivity contribution in [2.24, 2.45) is 0 Å². The molecule has 1 N–H and O–H groups in total. The standard InChI is InChI=1S/C17H18FN3/c1-11-8-14(18)9-12(2)15(11)10-19-17-13(3)20-16-6-4-5-7-21(16)17/h4-9,19H,10H2,1-3H3. The number of imidazole rings is 1. The number of pyridine rings is 1. The number of halogens is 1. The Hall–Kier alpha value is -2.36. The van der Waals surface area contributed by atoms with Crippen LogP contribution >= 0.6 is 0 Å². The molecule has 3 aromatic rings. The summed E-state index contributed by atoms with van der Waals surface area (Å²) in [5.41, 5.74) is 4.93. The van der Waals surface area contributed by atoms with E-state index >= 15 is 0 Å². The molecule has 2 aromatic heterocycles. The second-order valence-electron chi connectivity index (χ2n) is 5.35. The summed E-state index contributed by atoms with van der Waals surface area (Å²) in [5.74, 6) is 0.799. The predicted octanol–water partition coefficient (Wildman–Crippen LogP) is 4.01. The Morgan fingerprint density at radius 2 is 1.86 bits per heavy atom. The molecule has 0 saturated carbocycles. The van der Waals surface area contributed by atoms with Gasteiger partial charge in [0.15, 0.2) is 0 Å². The molecule has 2 heterocycles. The minimum atomic E-state index is -0.181. The first-order valence-corrected chi connectivity index (χ1v) is 6.99. The number of rotatable bonds is 3. The second kappa shape index (κ2) is 5.20. The van der Waals surface area contributed by atoms with E-state index < -0.39 is 0 Å².